The van der Waals surface area contributed by atoms with Gasteiger partial charge in [-0.05, 0) is 51.1 Å². The maximum Gasteiger partial charge on any atom is 0.319 e. The Labute approximate surface area is 153 Å². The molecule has 0 unspecified atom stereocenters. The van der Waals surface area contributed by atoms with Gasteiger partial charge in [0.1, 0.15) is 24.5 Å². The summed E-state index contributed by atoms with van der Waals surface area (Å²) >= 11 is 0. The number of aromatic nitrogens is 3. The molecule has 140 valence electrons. The molecule has 0 bridgehead atoms. The predicted octanol–water partition coefficient (Wildman–Crippen LogP) is 1.96. The SMILES string of the molecule is C[C@@H](Cn1cncn1)NC(=O)Nc1ccc(OC2CCN(C)CC2)cc1. The predicted molar refractivity (Wildman–Crippen MR) is 99.2 cm³/mol. The molecule has 2 amide bonds. The molecule has 2 heterocycles. The molecular formula is C18H26N6O2. The number of urea groups is 1. The van der Waals surface area contributed by atoms with Crippen LogP contribution in [0.1, 0.15) is 19.8 Å². The molecule has 2 aromatic rings. The number of anilines is 1. The zero-order valence-corrected chi connectivity index (χ0v) is 15.3. The molecule has 8 heteroatoms. The summed E-state index contributed by atoms with van der Waals surface area (Å²) in [4.78, 5) is 18.3. The fraction of sp³-hybridized carbons (Fsp3) is 0.500. The van der Waals surface area contributed by atoms with Crippen LogP contribution < -0.4 is 15.4 Å². The van der Waals surface area contributed by atoms with Gasteiger partial charge in [0, 0.05) is 24.8 Å². The quantitative estimate of drug-likeness (QED) is 0.825. The van der Waals surface area contributed by atoms with E-state index in [0.717, 1.165) is 37.4 Å². The molecule has 0 radical (unpaired) electrons. The Morgan fingerprint density at radius 2 is 2.04 bits per heavy atom. The highest BCUT2D eigenvalue weighted by atomic mass is 16.5. The van der Waals surface area contributed by atoms with Gasteiger partial charge in [-0.2, -0.15) is 5.10 Å². The number of amides is 2. The Balaban J connectivity index is 1.43. The number of rotatable bonds is 6. The van der Waals surface area contributed by atoms with Crippen molar-refractivity contribution < 1.29 is 9.53 Å². The van der Waals surface area contributed by atoms with Crippen LogP contribution in [0, 0.1) is 0 Å². The molecule has 1 aliphatic heterocycles. The zero-order chi connectivity index (χ0) is 18.4. The van der Waals surface area contributed by atoms with E-state index >= 15 is 0 Å². The second-order valence-corrected chi connectivity index (χ2v) is 6.76. The van der Waals surface area contributed by atoms with Crippen LogP contribution >= 0.6 is 0 Å². The summed E-state index contributed by atoms with van der Waals surface area (Å²) in [5.74, 6) is 0.838. The Kier molecular flexibility index (Phi) is 6.06. The lowest BCUT2D eigenvalue weighted by Crippen LogP contribution is -2.38. The average Bonchev–Trinajstić information content (AvgIpc) is 3.11. The Bertz CT molecular complexity index is 680. The fourth-order valence-corrected chi connectivity index (χ4v) is 2.96. The number of benzene rings is 1. The van der Waals surface area contributed by atoms with Crippen LogP contribution in [0.5, 0.6) is 5.75 Å². The summed E-state index contributed by atoms with van der Waals surface area (Å²) in [6.45, 7) is 4.62. The number of likely N-dealkylation sites (tertiary alicyclic amines) is 1. The lowest BCUT2D eigenvalue weighted by atomic mass is 10.1. The van der Waals surface area contributed by atoms with E-state index in [9.17, 15) is 4.79 Å². The molecule has 1 saturated heterocycles. The van der Waals surface area contributed by atoms with Crippen LogP contribution in [0.2, 0.25) is 0 Å². The third kappa shape index (κ3) is 5.45. The van der Waals surface area contributed by atoms with Gasteiger partial charge < -0.3 is 20.3 Å². The average molecular weight is 358 g/mol. The second-order valence-electron chi connectivity index (χ2n) is 6.76. The monoisotopic (exact) mass is 358 g/mol. The first kappa shape index (κ1) is 18.2. The van der Waals surface area contributed by atoms with Gasteiger partial charge in [-0.25, -0.2) is 9.78 Å². The van der Waals surface area contributed by atoms with Crippen molar-refractivity contribution in [3.8, 4) is 5.75 Å². The van der Waals surface area contributed by atoms with E-state index in [2.05, 4.69) is 32.7 Å². The van der Waals surface area contributed by atoms with Crippen molar-refractivity contribution in [2.24, 2.45) is 0 Å². The van der Waals surface area contributed by atoms with Gasteiger partial charge in [-0.15, -0.1) is 0 Å². The van der Waals surface area contributed by atoms with E-state index in [0.29, 0.717) is 6.54 Å². The van der Waals surface area contributed by atoms with Crippen LogP contribution in [0.3, 0.4) is 0 Å². The standard InChI is InChI=1S/C18H26N6O2/c1-14(11-24-13-19-12-20-24)21-18(25)22-15-3-5-16(6-4-15)26-17-7-9-23(2)10-8-17/h3-6,12-14,17H,7-11H2,1-2H3,(H2,21,22,25)/t14-/m0/s1. The molecule has 26 heavy (non-hydrogen) atoms. The lowest BCUT2D eigenvalue weighted by Gasteiger charge is -2.29. The smallest absolute Gasteiger partial charge is 0.319 e. The van der Waals surface area contributed by atoms with Crippen molar-refractivity contribution in [2.45, 2.75) is 38.5 Å². The molecular weight excluding hydrogens is 332 g/mol. The van der Waals surface area contributed by atoms with Gasteiger partial charge in [0.05, 0.1) is 6.54 Å². The van der Waals surface area contributed by atoms with E-state index in [1.807, 2.05) is 31.2 Å². The van der Waals surface area contributed by atoms with Crippen LogP contribution in [0.4, 0.5) is 10.5 Å². The largest absolute Gasteiger partial charge is 0.490 e. The molecule has 0 saturated carbocycles. The minimum atomic E-state index is -0.249. The number of hydrogen-bond donors (Lipinski definition) is 2. The van der Waals surface area contributed by atoms with Crippen LogP contribution in [-0.4, -0.2) is 58.0 Å². The van der Waals surface area contributed by atoms with Crippen molar-refractivity contribution >= 4 is 11.7 Å². The Morgan fingerprint density at radius 1 is 1.31 bits per heavy atom. The number of carbonyl (C=O) groups excluding carboxylic acids is 1. The van der Waals surface area contributed by atoms with Gasteiger partial charge >= 0.3 is 6.03 Å². The highest BCUT2D eigenvalue weighted by Crippen LogP contribution is 2.20. The topological polar surface area (TPSA) is 84.3 Å². The number of carbonyl (C=O) groups is 1. The highest BCUT2D eigenvalue weighted by Gasteiger charge is 2.18. The summed E-state index contributed by atoms with van der Waals surface area (Å²) < 4.78 is 7.70. The third-order valence-electron chi connectivity index (χ3n) is 4.39. The summed E-state index contributed by atoms with van der Waals surface area (Å²) in [5, 5.41) is 9.73. The molecule has 0 spiro atoms. The highest BCUT2D eigenvalue weighted by molar-refractivity contribution is 5.89. The van der Waals surface area contributed by atoms with Gasteiger partial charge in [0.25, 0.3) is 0 Å². The van der Waals surface area contributed by atoms with E-state index in [4.69, 9.17) is 4.74 Å². The number of ether oxygens (including phenoxy) is 1. The second kappa shape index (κ2) is 8.66. The van der Waals surface area contributed by atoms with Gasteiger partial charge in [0.2, 0.25) is 0 Å². The van der Waals surface area contributed by atoms with Crippen LogP contribution in [0.25, 0.3) is 0 Å². The van der Waals surface area contributed by atoms with Gasteiger partial charge in [-0.1, -0.05) is 0 Å². The molecule has 1 aliphatic rings. The minimum Gasteiger partial charge on any atom is -0.490 e. The Morgan fingerprint density at radius 3 is 2.69 bits per heavy atom. The lowest BCUT2D eigenvalue weighted by molar-refractivity contribution is 0.114. The number of nitrogens with zero attached hydrogens (tertiary/aromatic N) is 4. The molecule has 2 N–H and O–H groups in total. The van der Waals surface area contributed by atoms with Gasteiger partial charge in [-0.3, -0.25) is 4.68 Å². The van der Waals surface area contributed by atoms with Crippen molar-refractivity contribution in [1.29, 1.82) is 0 Å². The molecule has 0 aliphatic carbocycles. The first-order valence-electron chi connectivity index (χ1n) is 8.93. The van der Waals surface area contributed by atoms with Crippen molar-refractivity contribution in [1.82, 2.24) is 25.0 Å². The van der Waals surface area contributed by atoms with Gasteiger partial charge in [0.15, 0.2) is 0 Å². The molecule has 1 atom stereocenters. The number of piperidine rings is 1. The minimum absolute atomic E-state index is 0.0660. The summed E-state index contributed by atoms with van der Waals surface area (Å²) in [5.41, 5.74) is 0.728. The third-order valence-corrected chi connectivity index (χ3v) is 4.39. The number of nitrogens with one attached hydrogen (secondary N) is 2. The summed E-state index contributed by atoms with van der Waals surface area (Å²) in [6.07, 6.45) is 5.46. The molecule has 8 nitrogen and oxygen atoms in total. The van der Waals surface area contributed by atoms with E-state index in [1.165, 1.54) is 6.33 Å². The fourth-order valence-electron chi connectivity index (χ4n) is 2.96. The van der Waals surface area contributed by atoms with E-state index in [1.54, 1.807) is 11.0 Å². The zero-order valence-electron chi connectivity index (χ0n) is 15.3. The van der Waals surface area contributed by atoms with Crippen molar-refractivity contribution in [3.63, 3.8) is 0 Å². The van der Waals surface area contributed by atoms with Crippen LogP contribution in [0.15, 0.2) is 36.9 Å². The number of hydrogen-bond acceptors (Lipinski definition) is 5. The maximum atomic E-state index is 12.1. The van der Waals surface area contributed by atoms with Crippen LogP contribution in [-0.2, 0) is 6.54 Å². The normalized spacial score (nSPS) is 16.8. The van der Waals surface area contributed by atoms with E-state index in [-0.39, 0.29) is 18.2 Å². The first-order valence-corrected chi connectivity index (χ1v) is 8.93. The summed E-state index contributed by atoms with van der Waals surface area (Å²) in [6, 6.07) is 7.18. The Hall–Kier alpha value is -2.61. The maximum absolute atomic E-state index is 12.1. The molecule has 1 aromatic carbocycles. The molecule has 3 rings (SSSR count). The van der Waals surface area contributed by atoms with E-state index < -0.39 is 0 Å². The molecule has 1 fully saturated rings. The first-order chi connectivity index (χ1) is 12.6. The van der Waals surface area contributed by atoms with Crippen molar-refractivity contribution in [3.05, 3.63) is 36.9 Å². The van der Waals surface area contributed by atoms with Crippen molar-refractivity contribution in [2.75, 3.05) is 25.5 Å². The molecule has 1 aromatic heterocycles. The summed E-state index contributed by atoms with van der Waals surface area (Å²) in [7, 11) is 2.13.